The van der Waals surface area contributed by atoms with E-state index in [2.05, 4.69) is 10.6 Å². The molecule has 3 N–H and O–H groups in total. The lowest BCUT2D eigenvalue weighted by atomic mass is 10.1. The molecule has 0 aromatic heterocycles. The second-order valence-electron chi connectivity index (χ2n) is 6.38. The first-order valence-corrected chi connectivity index (χ1v) is 7.81. The minimum atomic E-state index is -0.498. The van der Waals surface area contributed by atoms with Crippen LogP contribution in [0.15, 0.2) is 18.2 Å². The van der Waals surface area contributed by atoms with Crippen LogP contribution < -0.4 is 15.4 Å². The molecule has 6 heteroatoms. The van der Waals surface area contributed by atoms with Gasteiger partial charge in [-0.05, 0) is 44.9 Å². The summed E-state index contributed by atoms with van der Waals surface area (Å²) < 4.78 is 10.3. The van der Waals surface area contributed by atoms with Gasteiger partial charge in [0.1, 0.15) is 5.60 Å². The van der Waals surface area contributed by atoms with Crippen molar-refractivity contribution >= 4 is 6.09 Å². The number of carbonyl (C=O) groups excluding carboxylic acids is 1. The number of nitrogens with one attached hydrogen (secondary N) is 2. The first-order valence-electron chi connectivity index (χ1n) is 7.81. The molecule has 23 heavy (non-hydrogen) atoms. The fourth-order valence-corrected chi connectivity index (χ4v) is 1.98. The van der Waals surface area contributed by atoms with Gasteiger partial charge in [0.15, 0.2) is 11.5 Å². The van der Waals surface area contributed by atoms with Crippen LogP contribution in [-0.2, 0) is 11.3 Å². The summed E-state index contributed by atoms with van der Waals surface area (Å²) in [5.41, 5.74) is 0.498. The minimum Gasteiger partial charge on any atom is -0.504 e. The highest BCUT2D eigenvalue weighted by Crippen LogP contribution is 2.26. The molecule has 1 aromatic carbocycles. The SMILES string of the molecule is CCC(CNC(=O)OC(C)(C)C)NCc1ccc(O)c(OC)c1. The Morgan fingerprint density at radius 3 is 2.61 bits per heavy atom. The molecule has 0 saturated carbocycles. The first kappa shape index (κ1) is 19.1. The molecule has 1 amide bonds. The van der Waals surface area contributed by atoms with E-state index in [9.17, 15) is 9.90 Å². The summed E-state index contributed by atoms with van der Waals surface area (Å²) in [6, 6.07) is 5.35. The lowest BCUT2D eigenvalue weighted by Gasteiger charge is -2.22. The summed E-state index contributed by atoms with van der Waals surface area (Å²) >= 11 is 0. The second-order valence-corrected chi connectivity index (χ2v) is 6.38. The Bertz CT molecular complexity index is 512. The zero-order valence-electron chi connectivity index (χ0n) is 14.6. The number of ether oxygens (including phenoxy) is 2. The molecule has 0 aliphatic carbocycles. The van der Waals surface area contributed by atoms with Crippen molar-refractivity contribution in [1.82, 2.24) is 10.6 Å². The maximum atomic E-state index is 11.7. The predicted molar refractivity (Wildman–Crippen MR) is 89.8 cm³/mol. The monoisotopic (exact) mass is 324 g/mol. The molecule has 1 atom stereocenters. The second kappa shape index (κ2) is 8.62. The summed E-state index contributed by atoms with van der Waals surface area (Å²) in [7, 11) is 1.52. The highest BCUT2D eigenvalue weighted by Gasteiger charge is 2.17. The number of hydrogen-bond acceptors (Lipinski definition) is 5. The van der Waals surface area contributed by atoms with Gasteiger partial charge in [0.05, 0.1) is 7.11 Å². The van der Waals surface area contributed by atoms with Gasteiger partial charge in [-0.1, -0.05) is 13.0 Å². The Labute approximate surface area is 138 Å². The average molecular weight is 324 g/mol. The van der Waals surface area contributed by atoms with Gasteiger partial charge in [0, 0.05) is 19.1 Å². The quantitative estimate of drug-likeness (QED) is 0.719. The van der Waals surface area contributed by atoms with Crippen molar-refractivity contribution in [3.05, 3.63) is 23.8 Å². The van der Waals surface area contributed by atoms with Gasteiger partial charge in [0.25, 0.3) is 0 Å². The van der Waals surface area contributed by atoms with Gasteiger partial charge in [-0.15, -0.1) is 0 Å². The van der Waals surface area contributed by atoms with Crippen molar-refractivity contribution in [3.63, 3.8) is 0 Å². The Morgan fingerprint density at radius 2 is 2.04 bits per heavy atom. The number of alkyl carbamates (subject to hydrolysis) is 1. The average Bonchev–Trinajstić information content (AvgIpc) is 2.47. The van der Waals surface area contributed by atoms with Crippen LogP contribution >= 0.6 is 0 Å². The number of hydrogen-bond donors (Lipinski definition) is 3. The fourth-order valence-electron chi connectivity index (χ4n) is 1.98. The third-order valence-electron chi connectivity index (χ3n) is 3.22. The molecule has 130 valence electrons. The Balaban J connectivity index is 2.46. The largest absolute Gasteiger partial charge is 0.504 e. The molecule has 1 rings (SSSR count). The van der Waals surface area contributed by atoms with Crippen molar-refractivity contribution in [2.24, 2.45) is 0 Å². The number of phenolic OH excluding ortho intramolecular Hbond substituents is 1. The van der Waals surface area contributed by atoms with Crippen molar-refractivity contribution in [2.45, 2.75) is 52.3 Å². The van der Waals surface area contributed by atoms with Crippen LogP contribution in [-0.4, -0.2) is 36.5 Å². The van der Waals surface area contributed by atoms with E-state index in [0.717, 1.165) is 12.0 Å². The van der Waals surface area contributed by atoms with Crippen molar-refractivity contribution in [3.8, 4) is 11.5 Å². The predicted octanol–water partition coefficient (Wildman–Crippen LogP) is 2.79. The lowest BCUT2D eigenvalue weighted by molar-refractivity contribution is 0.0522. The summed E-state index contributed by atoms with van der Waals surface area (Å²) in [4.78, 5) is 11.7. The number of rotatable bonds is 7. The summed E-state index contributed by atoms with van der Waals surface area (Å²) in [6.07, 6.45) is 0.453. The molecular formula is C17H28N2O4. The summed E-state index contributed by atoms with van der Waals surface area (Å²) in [5.74, 6) is 0.569. The van der Waals surface area contributed by atoms with E-state index in [-0.39, 0.29) is 11.8 Å². The zero-order valence-corrected chi connectivity index (χ0v) is 14.6. The lowest BCUT2D eigenvalue weighted by Crippen LogP contribution is -2.42. The van der Waals surface area contributed by atoms with Crippen LogP contribution in [0, 0.1) is 0 Å². The molecule has 0 radical (unpaired) electrons. The fraction of sp³-hybridized carbons (Fsp3) is 0.588. The van der Waals surface area contributed by atoms with E-state index < -0.39 is 11.7 Å². The van der Waals surface area contributed by atoms with E-state index in [1.54, 1.807) is 12.1 Å². The topological polar surface area (TPSA) is 79.8 Å². The highest BCUT2D eigenvalue weighted by molar-refractivity contribution is 5.67. The third-order valence-corrected chi connectivity index (χ3v) is 3.22. The van der Waals surface area contributed by atoms with E-state index in [4.69, 9.17) is 9.47 Å². The van der Waals surface area contributed by atoms with Crippen LogP contribution in [0.4, 0.5) is 4.79 Å². The first-order chi connectivity index (χ1) is 10.7. The third kappa shape index (κ3) is 7.23. The van der Waals surface area contributed by atoms with E-state index in [1.165, 1.54) is 7.11 Å². The molecule has 1 aromatic rings. The van der Waals surface area contributed by atoms with Crippen molar-refractivity contribution < 1.29 is 19.4 Å². The molecule has 0 fully saturated rings. The van der Waals surface area contributed by atoms with Crippen LogP contribution in [0.1, 0.15) is 39.7 Å². The number of benzene rings is 1. The van der Waals surface area contributed by atoms with Crippen LogP contribution in [0.3, 0.4) is 0 Å². The molecule has 0 spiro atoms. The number of methoxy groups -OCH3 is 1. The van der Waals surface area contributed by atoms with Gasteiger partial charge < -0.3 is 25.2 Å². The standard InChI is InChI=1S/C17H28N2O4/c1-6-13(11-19-16(21)23-17(2,3)4)18-10-12-7-8-14(20)15(9-12)22-5/h7-9,13,18,20H,6,10-11H2,1-5H3,(H,19,21). The van der Waals surface area contributed by atoms with E-state index >= 15 is 0 Å². The van der Waals surface area contributed by atoms with Crippen LogP contribution in [0.2, 0.25) is 0 Å². The molecule has 6 nitrogen and oxygen atoms in total. The number of amides is 1. The maximum Gasteiger partial charge on any atom is 0.407 e. The van der Waals surface area contributed by atoms with E-state index in [0.29, 0.717) is 18.8 Å². The molecular weight excluding hydrogens is 296 g/mol. The maximum absolute atomic E-state index is 11.7. The number of carbonyl (C=O) groups is 1. The molecule has 0 heterocycles. The van der Waals surface area contributed by atoms with Crippen LogP contribution in [0.25, 0.3) is 0 Å². The molecule has 0 aliphatic rings. The highest BCUT2D eigenvalue weighted by atomic mass is 16.6. The smallest absolute Gasteiger partial charge is 0.407 e. The van der Waals surface area contributed by atoms with Crippen molar-refractivity contribution in [1.29, 1.82) is 0 Å². The van der Waals surface area contributed by atoms with Gasteiger partial charge in [-0.2, -0.15) is 0 Å². The molecule has 0 aliphatic heterocycles. The van der Waals surface area contributed by atoms with Gasteiger partial charge in [0.2, 0.25) is 0 Å². The minimum absolute atomic E-state index is 0.120. The van der Waals surface area contributed by atoms with Gasteiger partial charge >= 0.3 is 6.09 Å². The number of aromatic hydroxyl groups is 1. The Hall–Kier alpha value is -1.95. The molecule has 1 unspecified atom stereocenters. The van der Waals surface area contributed by atoms with Gasteiger partial charge in [-0.3, -0.25) is 0 Å². The molecule has 0 saturated heterocycles. The summed E-state index contributed by atoms with van der Waals surface area (Å²) in [6.45, 7) is 8.65. The normalized spacial score (nSPS) is 12.6. The van der Waals surface area contributed by atoms with E-state index in [1.807, 2.05) is 33.8 Å². The Kier molecular flexibility index (Phi) is 7.16. The van der Waals surface area contributed by atoms with Crippen LogP contribution in [0.5, 0.6) is 11.5 Å². The number of phenols is 1. The van der Waals surface area contributed by atoms with Gasteiger partial charge in [-0.25, -0.2) is 4.79 Å². The Morgan fingerprint density at radius 1 is 1.35 bits per heavy atom. The van der Waals surface area contributed by atoms with Crippen molar-refractivity contribution in [2.75, 3.05) is 13.7 Å². The summed E-state index contributed by atoms with van der Waals surface area (Å²) in [5, 5.41) is 15.7. The zero-order chi connectivity index (χ0) is 17.5. The molecule has 0 bridgehead atoms.